The molecule has 1 aliphatic rings. The average Bonchev–Trinajstić information content (AvgIpc) is 3.08. The van der Waals surface area contributed by atoms with Crippen LogP contribution in [0.3, 0.4) is 0 Å². The number of fused-ring (bicyclic) bond motifs is 1. The maximum absolute atomic E-state index is 12.5. The van der Waals surface area contributed by atoms with E-state index in [1.165, 1.54) is 0 Å². The lowest BCUT2D eigenvalue weighted by atomic mass is 9.73. The molecule has 1 unspecified atom stereocenters. The van der Waals surface area contributed by atoms with Gasteiger partial charge in [-0.15, -0.1) is 11.3 Å². The molecular formula is C27H35N5O3S2. The number of aliphatic carboxylic acids is 1. The Bertz CT molecular complexity index is 1290. The van der Waals surface area contributed by atoms with Gasteiger partial charge in [-0.2, -0.15) is 0 Å². The second-order valence-electron chi connectivity index (χ2n) is 9.76. The zero-order valence-electron chi connectivity index (χ0n) is 21.9. The van der Waals surface area contributed by atoms with Gasteiger partial charge in [-0.25, -0.2) is 15.1 Å². The standard InChI is InChI=1S/C27H35N5O3S2/c1-6-32(29)20-12-11-18(16(2)24(20)28)23(27(4,5)26(33)34)25-30-19(17(3)36-25)15-31-13-14-35-21-9-7-8-10-22(21)37-31/h7-12,23H,6,13-15,28-29H2,1-5H3,(H,33,34). The first-order valence-electron chi connectivity index (χ1n) is 12.3. The van der Waals surface area contributed by atoms with Gasteiger partial charge in [0, 0.05) is 18.0 Å². The molecule has 0 aliphatic carbocycles. The monoisotopic (exact) mass is 541 g/mol. The number of hydrogen-bond donors (Lipinski definition) is 3. The predicted octanol–water partition coefficient (Wildman–Crippen LogP) is 5.19. The number of nitrogens with two attached hydrogens (primary N) is 2. The van der Waals surface area contributed by atoms with Crippen molar-refractivity contribution in [1.82, 2.24) is 9.29 Å². The number of carbonyl (C=O) groups is 1. The van der Waals surface area contributed by atoms with E-state index in [1.54, 1.807) is 42.1 Å². The molecule has 5 N–H and O–H groups in total. The Hall–Kier alpha value is -2.79. The average molecular weight is 542 g/mol. The van der Waals surface area contributed by atoms with Crippen LogP contribution >= 0.6 is 23.3 Å². The molecule has 0 bridgehead atoms. The Morgan fingerprint density at radius 2 is 2.00 bits per heavy atom. The highest BCUT2D eigenvalue weighted by molar-refractivity contribution is 7.97. The van der Waals surface area contributed by atoms with Crippen molar-refractivity contribution in [3.8, 4) is 5.75 Å². The number of aryl methyl sites for hydroxylation is 1. The molecule has 0 fully saturated rings. The van der Waals surface area contributed by atoms with E-state index in [0.29, 0.717) is 25.4 Å². The summed E-state index contributed by atoms with van der Waals surface area (Å²) in [6, 6.07) is 11.8. The summed E-state index contributed by atoms with van der Waals surface area (Å²) in [6.45, 7) is 12.0. The lowest BCUT2D eigenvalue weighted by Gasteiger charge is -2.32. The summed E-state index contributed by atoms with van der Waals surface area (Å²) in [4.78, 5) is 19.7. The number of nitrogen functional groups attached to an aromatic ring is 1. The Morgan fingerprint density at radius 1 is 1.27 bits per heavy atom. The number of anilines is 2. The fourth-order valence-corrected chi connectivity index (χ4v) is 6.73. The number of hydrazine groups is 1. The minimum Gasteiger partial charge on any atom is -0.491 e. The number of rotatable bonds is 8. The molecule has 37 heavy (non-hydrogen) atoms. The second kappa shape index (κ2) is 10.9. The highest BCUT2D eigenvalue weighted by Crippen LogP contribution is 2.46. The molecule has 10 heteroatoms. The first-order chi connectivity index (χ1) is 17.5. The summed E-state index contributed by atoms with van der Waals surface area (Å²) in [5.41, 5.74) is 9.29. The summed E-state index contributed by atoms with van der Waals surface area (Å²) in [5.74, 6) is 5.65. The first kappa shape index (κ1) is 27.3. The fraction of sp³-hybridized carbons (Fsp3) is 0.407. The van der Waals surface area contributed by atoms with E-state index in [9.17, 15) is 9.90 Å². The van der Waals surface area contributed by atoms with Crippen molar-refractivity contribution in [2.24, 2.45) is 11.3 Å². The minimum atomic E-state index is -1.11. The van der Waals surface area contributed by atoms with Crippen molar-refractivity contribution in [2.75, 3.05) is 30.4 Å². The minimum absolute atomic E-state index is 0.479. The van der Waals surface area contributed by atoms with Crippen LogP contribution in [0.2, 0.25) is 0 Å². The van der Waals surface area contributed by atoms with E-state index in [2.05, 4.69) is 10.4 Å². The lowest BCUT2D eigenvalue weighted by Crippen LogP contribution is -2.33. The Kier molecular flexibility index (Phi) is 8.03. The van der Waals surface area contributed by atoms with Crippen molar-refractivity contribution in [3.63, 3.8) is 0 Å². The third-order valence-corrected chi connectivity index (χ3v) is 9.11. The Balaban J connectivity index is 1.71. The zero-order valence-corrected chi connectivity index (χ0v) is 23.6. The molecule has 2 heterocycles. The predicted molar refractivity (Wildman–Crippen MR) is 151 cm³/mol. The molecule has 1 aliphatic heterocycles. The van der Waals surface area contributed by atoms with Gasteiger partial charge in [0.25, 0.3) is 0 Å². The normalized spacial score (nSPS) is 15.0. The fourth-order valence-electron chi connectivity index (χ4n) is 4.50. The smallest absolute Gasteiger partial charge is 0.310 e. The summed E-state index contributed by atoms with van der Waals surface area (Å²) < 4.78 is 8.15. The van der Waals surface area contributed by atoms with Crippen LogP contribution in [-0.2, 0) is 11.3 Å². The van der Waals surface area contributed by atoms with Gasteiger partial charge in [-0.1, -0.05) is 18.2 Å². The highest BCUT2D eigenvalue weighted by atomic mass is 32.2. The third-order valence-electron chi connectivity index (χ3n) is 6.92. The van der Waals surface area contributed by atoms with Gasteiger partial charge >= 0.3 is 5.97 Å². The van der Waals surface area contributed by atoms with Crippen molar-refractivity contribution in [3.05, 3.63) is 63.1 Å². The van der Waals surface area contributed by atoms with Crippen molar-refractivity contribution in [2.45, 2.75) is 52.0 Å². The summed E-state index contributed by atoms with van der Waals surface area (Å²) in [7, 11) is 0. The quantitative estimate of drug-likeness (QED) is 0.153. The van der Waals surface area contributed by atoms with E-state index in [0.717, 1.165) is 49.6 Å². The number of carboxylic acids is 1. The molecular weight excluding hydrogens is 506 g/mol. The van der Waals surface area contributed by atoms with Gasteiger partial charge in [-0.05, 0) is 75.9 Å². The van der Waals surface area contributed by atoms with Gasteiger partial charge in [0.1, 0.15) is 17.4 Å². The van der Waals surface area contributed by atoms with Gasteiger partial charge in [0.2, 0.25) is 0 Å². The number of carboxylic acid groups (broad SMARTS) is 1. The van der Waals surface area contributed by atoms with Gasteiger partial charge < -0.3 is 20.6 Å². The molecule has 0 radical (unpaired) electrons. The van der Waals surface area contributed by atoms with Crippen LogP contribution in [0.5, 0.6) is 5.75 Å². The Morgan fingerprint density at radius 3 is 2.70 bits per heavy atom. The van der Waals surface area contributed by atoms with Crippen LogP contribution in [0.15, 0.2) is 41.3 Å². The number of ether oxygens (including phenoxy) is 1. The number of nitrogens with zero attached hydrogens (tertiary/aromatic N) is 3. The van der Waals surface area contributed by atoms with E-state index < -0.39 is 17.3 Å². The van der Waals surface area contributed by atoms with Crippen molar-refractivity contribution < 1.29 is 14.6 Å². The maximum atomic E-state index is 12.5. The van der Waals surface area contributed by atoms with Crippen LogP contribution in [-0.4, -0.2) is 40.1 Å². The van der Waals surface area contributed by atoms with Crippen LogP contribution in [0, 0.1) is 19.3 Å². The van der Waals surface area contributed by atoms with E-state index >= 15 is 0 Å². The SMILES string of the molecule is CCN(N)c1ccc(C(c2nc(CN3CCOc4ccccc4S3)c(C)s2)C(C)(C)C(=O)O)c(C)c1N. The zero-order chi connectivity index (χ0) is 26.9. The van der Waals surface area contributed by atoms with Crippen molar-refractivity contribution in [1.29, 1.82) is 0 Å². The summed E-state index contributed by atoms with van der Waals surface area (Å²) in [6.07, 6.45) is 0. The molecule has 198 valence electrons. The molecule has 4 rings (SSSR count). The molecule has 3 aromatic rings. The largest absolute Gasteiger partial charge is 0.491 e. The van der Waals surface area contributed by atoms with Gasteiger partial charge in [0.15, 0.2) is 0 Å². The first-order valence-corrected chi connectivity index (χ1v) is 13.9. The lowest BCUT2D eigenvalue weighted by molar-refractivity contribution is -0.147. The van der Waals surface area contributed by atoms with Crippen molar-refractivity contribution >= 4 is 40.6 Å². The molecule has 0 saturated heterocycles. The van der Waals surface area contributed by atoms with Gasteiger partial charge in [0.05, 0.1) is 39.8 Å². The van der Waals surface area contributed by atoms with Crippen LogP contribution < -0.4 is 21.3 Å². The number of hydrogen-bond acceptors (Lipinski definition) is 9. The highest BCUT2D eigenvalue weighted by Gasteiger charge is 2.42. The second-order valence-corrected chi connectivity index (χ2v) is 12.1. The molecule has 1 atom stereocenters. The van der Waals surface area contributed by atoms with Crippen LogP contribution in [0.1, 0.15) is 53.4 Å². The number of para-hydroxylation sites is 1. The van der Waals surface area contributed by atoms with Crippen LogP contribution in [0.25, 0.3) is 0 Å². The van der Waals surface area contributed by atoms with E-state index in [-0.39, 0.29) is 0 Å². The molecule has 0 spiro atoms. The van der Waals surface area contributed by atoms with E-state index in [4.69, 9.17) is 21.3 Å². The summed E-state index contributed by atoms with van der Waals surface area (Å²) >= 11 is 3.22. The van der Waals surface area contributed by atoms with Crippen LogP contribution in [0.4, 0.5) is 11.4 Å². The van der Waals surface area contributed by atoms with E-state index in [1.807, 2.05) is 51.1 Å². The molecule has 1 aromatic heterocycles. The number of benzene rings is 2. The molecule has 0 saturated carbocycles. The number of aromatic nitrogens is 1. The molecule has 0 amide bonds. The van der Waals surface area contributed by atoms with Gasteiger partial charge in [-0.3, -0.25) is 4.79 Å². The molecule has 8 nitrogen and oxygen atoms in total. The maximum Gasteiger partial charge on any atom is 0.310 e. The summed E-state index contributed by atoms with van der Waals surface area (Å²) in [5, 5.41) is 12.6. The third kappa shape index (κ3) is 5.43. The number of thiazole rings is 1. The topological polar surface area (TPSA) is 118 Å². The Labute approximate surface area is 226 Å². The molecule has 2 aromatic carbocycles.